The van der Waals surface area contributed by atoms with Gasteiger partial charge in [0.05, 0.1) is 18.8 Å². The molecule has 0 saturated heterocycles. The van der Waals surface area contributed by atoms with Crippen molar-refractivity contribution < 1.29 is 19.1 Å². The molecular formula is C44H60O4SSi. The van der Waals surface area contributed by atoms with E-state index in [9.17, 15) is 9.90 Å². The summed E-state index contributed by atoms with van der Waals surface area (Å²) in [5.41, 5.74) is 0. The molecule has 1 fully saturated rings. The minimum atomic E-state index is -2.87. The van der Waals surface area contributed by atoms with Crippen LogP contribution < -0.4 is 10.4 Å². The van der Waals surface area contributed by atoms with E-state index in [1.54, 1.807) is 0 Å². The summed E-state index contributed by atoms with van der Waals surface area (Å²) < 4.78 is 13.0. The highest BCUT2D eigenvalue weighted by atomic mass is 32.2. The Kier molecular flexibility index (Phi) is 16.1. The number of carbonyl (C=O) groups excluding carboxylic acids is 1. The van der Waals surface area contributed by atoms with Crippen LogP contribution in [0.2, 0.25) is 5.04 Å². The summed E-state index contributed by atoms with van der Waals surface area (Å²) in [6.45, 7) is 11.5. The van der Waals surface area contributed by atoms with Gasteiger partial charge in [-0.15, -0.1) is 11.8 Å². The van der Waals surface area contributed by atoms with Gasteiger partial charge in [-0.1, -0.05) is 144 Å². The molecule has 6 heteroatoms. The van der Waals surface area contributed by atoms with Crippen molar-refractivity contribution in [2.45, 2.75) is 120 Å². The Labute approximate surface area is 307 Å². The molecule has 3 aromatic rings. The quantitative estimate of drug-likeness (QED) is 0.0441. The second-order valence-electron chi connectivity index (χ2n) is 14.6. The summed E-state index contributed by atoms with van der Waals surface area (Å²) in [5, 5.41) is 14.5. The Hall–Kier alpha value is -2.90. The molecule has 0 amide bonds. The third-order valence-electron chi connectivity index (χ3n) is 9.96. The first-order valence-electron chi connectivity index (χ1n) is 18.9. The van der Waals surface area contributed by atoms with E-state index < -0.39 is 14.4 Å². The molecule has 0 spiro atoms. The Morgan fingerprint density at radius 3 is 2.04 bits per heavy atom. The zero-order valence-electron chi connectivity index (χ0n) is 31.0. The van der Waals surface area contributed by atoms with Crippen LogP contribution in [0.3, 0.4) is 0 Å². The molecule has 0 bridgehead atoms. The van der Waals surface area contributed by atoms with Gasteiger partial charge in [-0.05, 0) is 78.9 Å². The Bertz CT molecular complexity index is 1410. The minimum Gasteiger partial charge on any atom is -0.466 e. The number of unbranched alkanes of at least 4 members (excludes halogenated alkanes) is 4. The van der Waals surface area contributed by atoms with Crippen LogP contribution in [0.5, 0.6) is 0 Å². The van der Waals surface area contributed by atoms with Crippen LogP contribution in [0.1, 0.15) is 92.4 Å². The number of esters is 1. The predicted octanol–water partition coefficient (Wildman–Crippen LogP) is 9.91. The molecule has 0 aliphatic heterocycles. The number of thioether (sulfide) groups is 1. The molecule has 0 heterocycles. The second kappa shape index (κ2) is 20.2. The van der Waals surface area contributed by atoms with Gasteiger partial charge in [-0.2, -0.15) is 0 Å². The third-order valence-corrected chi connectivity index (χ3v) is 16.3. The van der Waals surface area contributed by atoms with E-state index in [1.807, 2.05) is 18.7 Å². The van der Waals surface area contributed by atoms with E-state index in [0.717, 1.165) is 25.7 Å². The van der Waals surface area contributed by atoms with Gasteiger partial charge in [-0.25, -0.2) is 0 Å². The molecule has 1 aliphatic carbocycles. The normalized spacial score (nSPS) is 20.4. The molecule has 0 aromatic heterocycles. The van der Waals surface area contributed by atoms with Crippen LogP contribution in [0.15, 0.2) is 120 Å². The van der Waals surface area contributed by atoms with Crippen molar-refractivity contribution >= 4 is 36.4 Å². The van der Waals surface area contributed by atoms with Crippen molar-refractivity contribution in [3.63, 3.8) is 0 Å². The number of aliphatic hydroxyl groups is 1. The van der Waals surface area contributed by atoms with Crippen molar-refractivity contribution in [2.75, 3.05) is 6.61 Å². The predicted molar refractivity (Wildman–Crippen MR) is 214 cm³/mol. The fourth-order valence-electron chi connectivity index (χ4n) is 7.53. The highest BCUT2D eigenvalue weighted by molar-refractivity contribution is 8.00. The smallest absolute Gasteiger partial charge is 0.305 e. The summed E-state index contributed by atoms with van der Waals surface area (Å²) in [5.74, 6) is -0.0218. The van der Waals surface area contributed by atoms with Crippen LogP contribution in [0.4, 0.5) is 0 Å². The van der Waals surface area contributed by atoms with Gasteiger partial charge < -0.3 is 14.3 Å². The fraction of sp³-hybridized carbons (Fsp3) is 0.477. The van der Waals surface area contributed by atoms with E-state index in [2.05, 4.69) is 143 Å². The van der Waals surface area contributed by atoms with Crippen molar-refractivity contribution in [2.24, 2.45) is 11.8 Å². The lowest BCUT2D eigenvalue weighted by Gasteiger charge is -2.46. The largest absolute Gasteiger partial charge is 0.466 e. The lowest BCUT2D eigenvalue weighted by molar-refractivity contribution is -0.143. The van der Waals surface area contributed by atoms with Crippen LogP contribution in [-0.2, 0) is 14.0 Å². The standard InChI is InChI=1S/C44H60O4SSi/c1-6-8-9-10-23-32-41(49-35-25-16-13-17-26-35)43-38(31-22-11-12-24-33-42(46)47-7-2)39(45)34-40(43)48-50(44(3,4)5,36-27-18-14-19-28-36)37-29-20-15-21-30-37/h11,13-23,25-30,32,38-41,43,45H,6-10,12,24,31,33-34H2,1-5H3/b22-11-,32-23+/t38-,39-,40-,41+,43-/m1/s1. The Morgan fingerprint density at radius 2 is 1.46 bits per heavy atom. The summed E-state index contributed by atoms with van der Waals surface area (Å²) in [7, 11) is -2.87. The molecule has 0 radical (unpaired) electrons. The lowest BCUT2D eigenvalue weighted by Crippen LogP contribution is -2.68. The average molecular weight is 713 g/mol. The van der Waals surface area contributed by atoms with Crippen LogP contribution in [-0.4, -0.2) is 43.5 Å². The van der Waals surface area contributed by atoms with E-state index in [0.29, 0.717) is 19.4 Å². The number of allylic oxidation sites excluding steroid dienone is 3. The maximum Gasteiger partial charge on any atom is 0.305 e. The van der Waals surface area contributed by atoms with Gasteiger partial charge in [0.25, 0.3) is 8.32 Å². The van der Waals surface area contributed by atoms with E-state index in [4.69, 9.17) is 9.16 Å². The Balaban J connectivity index is 1.75. The molecule has 50 heavy (non-hydrogen) atoms. The van der Waals surface area contributed by atoms with Crippen LogP contribution in [0.25, 0.3) is 0 Å². The molecule has 0 unspecified atom stereocenters. The van der Waals surface area contributed by atoms with E-state index >= 15 is 0 Å². The zero-order valence-corrected chi connectivity index (χ0v) is 32.8. The molecule has 1 saturated carbocycles. The SMILES string of the molecule is CCCCC/C=C/[C@H](Sc1ccccc1)[C@@H]1[C@H](C/C=C\CCCC(=O)OCC)[C@H](O)C[C@H]1O[Si](c1ccccc1)(c1ccccc1)C(C)(C)C. The monoisotopic (exact) mass is 712 g/mol. The maximum absolute atomic E-state index is 12.0. The average Bonchev–Trinajstić information content (AvgIpc) is 3.42. The summed E-state index contributed by atoms with van der Waals surface area (Å²) in [6.07, 6.45) is 16.6. The molecule has 1 aliphatic rings. The van der Waals surface area contributed by atoms with Gasteiger partial charge >= 0.3 is 5.97 Å². The minimum absolute atomic E-state index is 0.0287. The van der Waals surface area contributed by atoms with Crippen molar-refractivity contribution in [1.82, 2.24) is 0 Å². The van der Waals surface area contributed by atoms with Gasteiger partial charge in [0, 0.05) is 22.5 Å². The van der Waals surface area contributed by atoms with Gasteiger partial charge in [0.2, 0.25) is 0 Å². The summed E-state index contributed by atoms with van der Waals surface area (Å²) >= 11 is 1.90. The molecule has 3 aromatic carbocycles. The molecule has 270 valence electrons. The van der Waals surface area contributed by atoms with Gasteiger partial charge in [0.1, 0.15) is 0 Å². The highest BCUT2D eigenvalue weighted by Crippen LogP contribution is 2.48. The fourth-order valence-corrected chi connectivity index (χ4v) is 13.6. The topological polar surface area (TPSA) is 55.8 Å². The second-order valence-corrected chi connectivity index (χ2v) is 20.1. The number of ether oxygens (including phenoxy) is 1. The number of benzene rings is 3. The number of carbonyl (C=O) groups is 1. The van der Waals surface area contributed by atoms with Crippen molar-refractivity contribution in [3.05, 3.63) is 115 Å². The number of aliphatic hydroxyl groups excluding tert-OH is 1. The highest BCUT2D eigenvalue weighted by Gasteiger charge is 2.55. The number of hydrogen-bond acceptors (Lipinski definition) is 5. The Morgan fingerprint density at radius 1 is 0.860 bits per heavy atom. The lowest BCUT2D eigenvalue weighted by atomic mass is 9.87. The number of rotatable bonds is 19. The van der Waals surface area contributed by atoms with Crippen LogP contribution >= 0.6 is 11.8 Å². The van der Waals surface area contributed by atoms with Gasteiger partial charge in [-0.3, -0.25) is 4.79 Å². The molecular weight excluding hydrogens is 653 g/mol. The van der Waals surface area contributed by atoms with E-state index in [-0.39, 0.29) is 34.2 Å². The van der Waals surface area contributed by atoms with Crippen molar-refractivity contribution in [3.8, 4) is 0 Å². The molecule has 5 atom stereocenters. The summed E-state index contributed by atoms with van der Waals surface area (Å²) in [6, 6.07) is 32.4. The maximum atomic E-state index is 12.0. The first kappa shape index (κ1) is 39.9. The number of hydrogen-bond donors (Lipinski definition) is 1. The summed E-state index contributed by atoms with van der Waals surface area (Å²) in [4.78, 5) is 13.1. The molecule has 4 rings (SSSR count). The first-order chi connectivity index (χ1) is 24.2. The molecule has 1 N–H and O–H groups in total. The van der Waals surface area contributed by atoms with Crippen LogP contribution in [0, 0.1) is 11.8 Å². The van der Waals surface area contributed by atoms with Crippen molar-refractivity contribution in [1.29, 1.82) is 0 Å². The van der Waals surface area contributed by atoms with Gasteiger partial charge in [0.15, 0.2) is 0 Å². The molecule has 4 nitrogen and oxygen atoms in total. The first-order valence-corrected chi connectivity index (χ1v) is 21.7. The third kappa shape index (κ3) is 10.8. The zero-order chi connectivity index (χ0) is 35.8. The van der Waals surface area contributed by atoms with E-state index in [1.165, 1.54) is 34.5 Å².